The number of aromatic nitrogens is 1. The molecule has 2 N–H and O–H groups in total. The van der Waals surface area contributed by atoms with Crippen molar-refractivity contribution in [3.05, 3.63) is 39.2 Å². The smallest absolute Gasteiger partial charge is 0.132 e. The number of hydrogen-bond donors (Lipinski definition) is 1. The Bertz CT molecular complexity index is 608. The molecule has 1 aromatic carbocycles. The van der Waals surface area contributed by atoms with E-state index in [2.05, 4.69) is 24.0 Å². The fourth-order valence-electron chi connectivity index (χ4n) is 1.93. The molecule has 4 heteroatoms. The molecule has 0 bridgehead atoms. The third-order valence-electron chi connectivity index (χ3n) is 2.77. The molecule has 18 heavy (non-hydrogen) atoms. The maximum absolute atomic E-state index is 9.20. The zero-order chi connectivity index (χ0) is 13.1. The van der Waals surface area contributed by atoms with E-state index in [0.29, 0.717) is 11.4 Å². The molecule has 0 unspecified atom stereocenters. The molecule has 1 heterocycles. The van der Waals surface area contributed by atoms with Crippen molar-refractivity contribution in [2.24, 2.45) is 5.73 Å². The molecule has 0 spiro atoms. The summed E-state index contributed by atoms with van der Waals surface area (Å²) in [7, 11) is 0. The largest absolute Gasteiger partial charge is 0.330 e. The minimum Gasteiger partial charge on any atom is -0.330 e. The van der Waals surface area contributed by atoms with Crippen LogP contribution in [0.15, 0.2) is 18.2 Å². The van der Waals surface area contributed by atoms with Crippen LogP contribution in [0.4, 0.5) is 0 Å². The summed E-state index contributed by atoms with van der Waals surface area (Å²) in [4.78, 5) is 5.22. The Morgan fingerprint density at radius 3 is 2.78 bits per heavy atom. The van der Waals surface area contributed by atoms with Crippen molar-refractivity contribution in [1.82, 2.24) is 4.98 Å². The monoisotopic (exact) mass is 257 g/mol. The van der Waals surface area contributed by atoms with Crippen LogP contribution in [0, 0.1) is 25.2 Å². The molecule has 0 atom stereocenters. The third-order valence-corrected chi connectivity index (χ3v) is 3.79. The number of rotatable bonds is 3. The molecular formula is C14H15N3S. The van der Waals surface area contributed by atoms with E-state index in [9.17, 15) is 5.26 Å². The minimum atomic E-state index is 0.560. The molecular weight excluding hydrogens is 242 g/mol. The summed E-state index contributed by atoms with van der Waals surface area (Å²) in [5.41, 5.74) is 9.73. The standard InChI is InChI=1S/C14H15N3S/c1-9-3-4-11(10(2)7-9)14-12(8-16)18-13(17-14)5-6-15/h3-4,7H,5-6,15H2,1-2H3. The van der Waals surface area contributed by atoms with Gasteiger partial charge in [0.05, 0.1) is 10.7 Å². The highest BCUT2D eigenvalue weighted by Gasteiger charge is 2.14. The lowest BCUT2D eigenvalue weighted by Gasteiger charge is -2.04. The predicted octanol–water partition coefficient (Wildman–Crippen LogP) is 2.80. The van der Waals surface area contributed by atoms with E-state index in [1.807, 2.05) is 19.1 Å². The lowest BCUT2D eigenvalue weighted by Crippen LogP contribution is -2.02. The lowest BCUT2D eigenvalue weighted by molar-refractivity contribution is 0.954. The van der Waals surface area contributed by atoms with Gasteiger partial charge in [0, 0.05) is 12.0 Å². The predicted molar refractivity (Wildman–Crippen MR) is 74.5 cm³/mol. The topological polar surface area (TPSA) is 62.7 Å². The highest BCUT2D eigenvalue weighted by atomic mass is 32.1. The summed E-state index contributed by atoms with van der Waals surface area (Å²) >= 11 is 1.44. The van der Waals surface area contributed by atoms with Crippen LogP contribution in [0.2, 0.25) is 0 Å². The molecule has 2 rings (SSSR count). The maximum atomic E-state index is 9.20. The van der Waals surface area contributed by atoms with Crippen LogP contribution in [-0.2, 0) is 6.42 Å². The Kier molecular flexibility index (Phi) is 3.75. The first-order chi connectivity index (χ1) is 8.65. The van der Waals surface area contributed by atoms with Crippen molar-refractivity contribution < 1.29 is 0 Å². The number of nitrogens with two attached hydrogens (primary N) is 1. The summed E-state index contributed by atoms with van der Waals surface area (Å²) in [5, 5.41) is 10.1. The SMILES string of the molecule is Cc1ccc(-c2nc(CCN)sc2C#N)c(C)c1. The first-order valence-corrected chi connectivity index (χ1v) is 6.65. The molecule has 3 nitrogen and oxygen atoms in total. The molecule has 0 aliphatic rings. The van der Waals surface area contributed by atoms with Crippen molar-refractivity contribution in [3.8, 4) is 17.3 Å². The second-order valence-corrected chi connectivity index (χ2v) is 5.34. The second kappa shape index (κ2) is 5.30. The fourth-order valence-corrected chi connectivity index (χ4v) is 2.82. The van der Waals surface area contributed by atoms with Crippen molar-refractivity contribution in [2.45, 2.75) is 20.3 Å². The Balaban J connectivity index is 2.52. The maximum Gasteiger partial charge on any atom is 0.132 e. The first-order valence-electron chi connectivity index (χ1n) is 5.83. The summed E-state index contributed by atoms with van der Waals surface area (Å²) in [6.45, 7) is 4.67. The Labute approximate surface area is 111 Å². The number of hydrogen-bond acceptors (Lipinski definition) is 4. The van der Waals surface area contributed by atoms with Gasteiger partial charge in [-0.05, 0) is 26.0 Å². The molecule has 0 fully saturated rings. The van der Waals surface area contributed by atoms with Crippen LogP contribution < -0.4 is 5.73 Å². The average Bonchev–Trinajstić information content (AvgIpc) is 2.72. The molecule has 0 saturated carbocycles. The molecule has 0 saturated heterocycles. The van der Waals surface area contributed by atoms with Gasteiger partial charge in [-0.25, -0.2) is 4.98 Å². The van der Waals surface area contributed by atoms with Gasteiger partial charge in [-0.15, -0.1) is 11.3 Å². The summed E-state index contributed by atoms with van der Waals surface area (Å²) in [6.07, 6.45) is 0.726. The number of nitrogens with zero attached hydrogens (tertiary/aromatic N) is 2. The van der Waals surface area contributed by atoms with Gasteiger partial charge in [0.25, 0.3) is 0 Å². The minimum absolute atomic E-state index is 0.560. The molecule has 92 valence electrons. The van der Waals surface area contributed by atoms with Gasteiger partial charge in [-0.3, -0.25) is 0 Å². The number of thiazole rings is 1. The van der Waals surface area contributed by atoms with Crippen molar-refractivity contribution in [3.63, 3.8) is 0 Å². The molecule has 0 amide bonds. The summed E-state index contributed by atoms with van der Waals surface area (Å²) in [6, 6.07) is 8.42. The molecule has 0 aliphatic carbocycles. The molecule has 1 aromatic heterocycles. The third kappa shape index (κ3) is 2.42. The summed E-state index contributed by atoms with van der Waals surface area (Å²) < 4.78 is 0. The van der Waals surface area contributed by atoms with Crippen LogP contribution in [-0.4, -0.2) is 11.5 Å². The van der Waals surface area contributed by atoms with Crippen LogP contribution in [0.1, 0.15) is 21.0 Å². The second-order valence-electron chi connectivity index (χ2n) is 4.25. The number of benzene rings is 1. The van der Waals surface area contributed by atoms with E-state index in [1.165, 1.54) is 16.9 Å². The zero-order valence-electron chi connectivity index (χ0n) is 10.5. The van der Waals surface area contributed by atoms with Gasteiger partial charge in [0.2, 0.25) is 0 Å². The molecule has 0 aliphatic heterocycles. The van der Waals surface area contributed by atoms with Crippen LogP contribution in [0.3, 0.4) is 0 Å². The fraction of sp³-hybridized carbons (Fsp3) is 0.286. The van der Waals surface area contributed by atoms with Gasteiger partial charge in [0.15, 0.2) is 0 Å². The van der Waals surface area contributed by atoms with Gasteiger partial charge in [0.1, 0.15) is 10.9 Å². The van der Waals surface area contributed by atoms with Gasteiger partial charge in [-0.1, -0.05) is 23.8 Å². The Hall–Kier alpha value is -1.70. The highest BCUT2D eigenvalue weighted by Crippen LogP contribution is 2.30. The summed E-state index contributed by atoms with van der Waals surface area (Å²) in [5.74, 6) is 0. The van der Waals surface area contributed by atoms with Crippen molar-refractivity contribution in [1.29, 1.82) is 5.26 Å². The quantitative estimate of drug-likeness (QED) is 0.919. The average molecular weight is 257 g/mol. The van der Waals surface area contributed by atoms with E-state index < -0.39 is 0 Å². The number of nitriles is 1. The zero-order valence-corrected chi connectivity index (χ0v) is 11.3. The normalized spacial score (nSPS) is 10.3. The lowest BCUT2D eigenvalue weighted by atomic mass is 10.0. The van der Waals surface area contributed by atoms with Gasteiger partial charge >= 0.3 is 0 Å². The Morgan fingerprint density at radius 2 is 2.17 bits per heavy atom. The van der Waals surface area contributed by atoms with E-state index in [1.54, 1.807) is 0 Å². The van der Waals surface area contributed by atoms with Crippen LogP contribution >= 0.6 is 11.3 Å². The molecule has 2 aromatic rings. The van der Waals surface area contributed by atoms with Crippen molar-refractivity contribution in [2.75, 3.05) is 6.54 Å². The number of aryl methyl sites for hydroxylation is 2. The van der Waals surface area contributed by atoms with E-state index in [4.69, 9.17) is 5.73 Å². The molecule has 0 radical (unpaired) electrons. The van der Waals surface area contributed by atoms with Crippen molar-refractivity contribution >= 4 is 11.3 Å². The Morgan fingerprint density at radius 1 is 1.39 bits per heavy atom. The van der Waals surface area contributed by atoms with Crippen LogP contribution in [0.25, 0.3) is 11.3 Å². The van der Waals surface area contributed by atoms with Crippen LogP contribution in [0.5, 0.6) is 0 Å². The first kappa shape index (κ1) is 12.7. The van der Waals surface area contributed by atoms with E-state index in [-0.39, 0.29) is 0 Å². The van der Waals surface area contributed by atoms with E-state index >= 15 is 0 Å². The van der Waals surface area contributed by atoms with E-state index in [0.717, 1.165) is 28.2 Å². The van der Waals surface area contributed by atoms with Gasteiger partial charge < -0.3 is 5.73 Å². The highest BCUT2D eigenvalue weighted by molar-refractivity contribution is 7.12. The van der Waals surface area contributed by atoms with Gasteiger partial charge in [-0.2, -0.15) is 5.26 Å².